The van der Waals surface area contributed by atoms with E-state index in [4.69, 9.17) is 17.3 Å². The Hall–Kier alpha value is -1.10. The molecule has 3 N–H and O–H groups in total. The van der Waals surface area contributed by atoms with Gasteiger partial charge in [0.15, 0.2) is 0 Å². The molecule has 0 fully saturated rings. The zero-order valence-corrected chi connectivity index (χ0v) is 8.41. The number of carbonyl (C=O) groups excluding carboxylic acids is 1. The summed E-state index contributed by atoms with van der Waals surface area (Å²) in [6, 6.07) is 6.05. The van der Waals surface area contributed by atoms with E-state index < -0.39 is 11.9 Å². The minimum absolute atomic E-state index is 0.408. The van der Waals surface area contributed by atoms with Crippen molar-refractivity contribution < 1.29 is 9.63 Å². The molecular formula is C9H11ClN2O2. The summed E-state index contributed by atoms with van der Waals surface area (Å²) in [5.74, 6) is -0.408. The van der Waals surface area contributed by atoms with Gasteiger partial charge in [0.1, 0.15) is 6.04 Å². The van der Waals surface area contributed by atoms with Crippen molar-refractivity contribution >= 4 is 17.5 Å². The molecule has 1 rings (SSSR count). The first kappa shape index (κ1) is 11.0. The number of hydrogen-bond acceptors (Lipinski definition) is 3. The molecule has 0 aliphatic carbocycles. The zero-order valence-electron chi connectivity index (χ0n) is 7.66. The monoisotopic (exact) mass is 214 g/mol. The van der Waals surface area contributed by atoms with E-state index in [2.05, 4.69) is 10.3 Å². The predicted molar refractivity (Wildman–Crippen MR) is 53.5 cm³/mol. The van der Waals surface area contributed by atoms with E-state index in [1.807, 2.05) is 0 Å². The SMILES string of the molecule is CONC(=O)C(N)c1cccc(Cl)c1. The van der Waals surface area contributed by atoms with Gasteiger partial charge in [0.2, 0.25) is 0 Å². The summed E-state index contributed by atoms with van der Waals surface area (Å²) in [6.45, 7) is 0. The van der Waals surface area contributed by atoms with Crippen molar-refractivity contribution in [2.24, 2.45) is 5.73 Å². The summed E-state index contributed by atoms with van der Waals surface area (Å²) in [6.07, 6.45) is 0. The van der Waals surface area contributed by atoms with E-state index in [1.165, 1.54) is 7.11 Å². The number of nitrogens with two attached hydrogens (primary N) is 1. The third kappa shape index (κ3) is 2.70. The van der Waals surface area contributed by atoms with Crippen LogP contribution in [-0.4, -0.2) is 13.0 Å². The summed E-state index contributed by atoms with van der Waals surface area (Å²) >= 11 is 5.75. The Labute approximate surface area is 86.9 Å². The van der Waals surface area contributed by atoms with E-state index in [0.717, 1.165) is 0 Å². The van der Waals surface area contributed by atoms with Gasteiger partial charge in [0.25, 0.3) is 5.91 Å². The molecule has 1 aromatic carbocycles. The number of carbonyl (C=O) groups is 1. The lowest BCUT2D eigenvalue weighted by molar-refractivity contribution is -0.132. The summed E-state index contributed by atoms with van der Waals surface area (Å²) < 4.78 is 0. The maximum absolute atomic E-state index is 11.3. The second-order valence-corrected chi connectivity index (χ2v) is 3.14. The molecule has 1 aromatic rings. The van der Waals surface area contributed by atoms with E-state index in [1.54, 1.807) is 24.3 Å². The Morgan fingerprint density at radius 2 is 2.36 bits per heavy atom. The molecule has 1 amide bonds. The van der Waals surface area contributed by atoms with Crippen molar-refractivity contribution in [1.29, 1.82) is 0 Å². The van der Waals surface area contributed by atoms with Gasteiger partial charge in [-0.3, -0.25) is 9.63 Å². The van der Waals surface area contributed by atoms with Crippen molar-refractivity contribution in [3.05, 3.63) is 34.9 Å². The first-order valence-corrected chi connectivity index (χ1v) is 4.37. The van der Waals surface area contributed by atoms with E-state index in [9.17, 15) is 4.79 Å². The molecule has 0 aromatic heterocycles. The van der Waals surface area contributed by atoms with Gasteiger partial charge in [0, 0.05) is 5.02 Å². The topological polar surface area (TPSA) is 64.3 Å². The fourth-order valence-corrected chi connectivity index (χ4v) is 1.21. The van der Waals surface area contributed by atoms with Crippen LogP contribution in [0.4, 0.5) is 0 Å². The Balaban J connectivity index is 2.78. The Morgan fingerprint density at radius 1 is 1.64 bits per heavy atom. The molecule has 0 bridgehead atoms. The van der Waals surface area contributed by atoms with Crippen molar-refractivity contribution in [3.8, 4) is 0 Å². The predicted octanol–water partition coefficient (Wildman–Crippen LogP) is 1.02. The number of benzene rings is 1. The highest BCUT2D eigenvalue weighted by Gasteiger charge is 2.15. The molecule has 1 atom stereocenters. The smallest absolute Gasteiger partial charge is 0.265 e. The third-order valence-corrected chi connectivity index (χ3v) is 1.93. The lowest BCUT2D eigenvalue weighted by Crippen LogP contribution is -2.33. The first-order valence-electron chi connectivity index (χ1n) is 3.99. The van der Waals surface area contributed by atoms with Gasteiger partial charge < -0.3 is 5.73 Å². The molecule has 0 heterocycles. The zero-order chi connectivity index (χ0) is 10.6. The van der Waals surface area contributed by atoms with Crippen LogP contribution in [0.3, 0.4) is 0 Å². The average Bonchev–Trinajstić information content (AvgIpc) is 2.17. The van der Waals surface area contributed by atoms with Gasteiger partial charge in [0.05, 0.1) is 7.11 Å². The molecule has 76 valence electrons. The lowest BCUT2D eigenvalue weighted by atomic mass is 10.1. The lowest BCUT2D eigenvalue weighted by Gasteiger charge is -2.10. The number of nitrogens with one attached hydrogen (secondary N) is 1. The van der Waals surface area contributed by atoms with Gasteiger partial charge in [-0.2, -0.15) is 0 Å². The highest BCUT2D eigenvalue weighted by molar-refractivity contribution is 6.30. The van der Waals surface area contributed by atoms with Crippen LogP contribution in [0.25, 0.3) is 0 Å². The number of hydroxylamine groups is 1. The van der Waals surface area contributed by atoms with Crippen molar-refractivity contribution in [3.63, 3.8) is 0 Å². The molecule has 0 saturated carbocycles. The maximum atomic E-state index is 11.3. The van der Waals surface area contributed by atoms with Gasteiger partial charge in [-0.25, -0.2) is 5.48 Å². The first-order chi connectivity index (χ1) is 6.65. The Morgan fingerprint density at radius 3 is 2.93 bits per heavy atom. The molecule has 0 aliphatic rings. The molecular weight excluding hydrogens is 204 g/mol. The Bertz CT molecular complexity index is 330. The Kier molecular flexibility index (Phi) is 3.88. The number of hydrogen-bond donors (Lipinski definition) is 2. The van der Waals surface area contributed by atoms with Gasteiger partial charge in [-0.15, -0.1) is 0 Å². The third-order valence-electron chi connectivity index (χ3n) is 1.69. The van der Waals surface area contributed by atoms with Crippen LogP contribution in [0.5, 0.6) is 0 Å². The molecule has 14 heavy (non-hydrogen) atoms. The van der Waals surface area contributed by atoms with Crippen LogP contribution in [0.2, 0.25) is 5.02 Å². The summed E-state index contributed by atoms with van der Waals surface area (Å²) in [5, 5.41) is 0.545. The molecule has 5 heteroatoms. The van der Waals surface area contributed by atoms with Crippen LogP contribution in [0, 0.1) is 0 Å². The minimum Gasteiger partial charge on any atom is -0.316 e. The summed E-state index contributed by atoms with van der Waals surface area (Å²) in [4.78, 5) is 15.7. The van der Waals surface area contributed by atoms with Crippen LogP contribution in [-0.2, 0) is 9.63 Å². The highest BCUT2D eigenvalue weighted by Crippen LogP contribution is 2.15. The van der Waals surface area contributed by atoms with E-state index in [-0.39, 0.29) is 0 Å². The summed E-state index contributed by atoms with van der Waals surface area (Å²) in [5.41, 5.74) is 8.44. The van der Waals surface area contributed by atoms with Crippen molar-refractivity contribution in [1.82, 2.24) is 5.48 Å². The average molecular weight is 215 g/mol. The highest BCUT2D eigenvalue weighted by atomic mass is 35.5. The van der Waals surface area contributed by atoms with Crippen molar-refractivity contribution in [2.75, 3.05) is 7.11 Å². The van der Waals surface area contributed by atoms with Crippen LogP contribution < -0.4 is 11.2 Å². The second kappa shape index (κ2) is 4.95. The largest absolute Gasteiger partial charge is 0.316 e. The summed E-state index contributed by atoms with van der Waals surface area (Å²) in [7, 11) is 1.35. The number of amides is 1. The van der Waals surface area contributed by atoms with Crippen LogP contribution >= 0.6 is 11.6 Å². The number of halogens is 1. The minimum atomic E-state index is -0.770. The molecule has 0 aliphatic heterocycles. The quantitative estimate of drug-likeness (QED) is 0.739. The van der Waals surface area contributed by atoms with E-state index >= 15 is 0 Å². The normalized spacial score (nSPS) is 12.2. The maximum Gasteiger partial charge on any atom is 0.265 e. The second-order valence-electron chi connectivity index (χ2n) is 2.70. The standard InChI is InChI=1S/C9H11ClN2O2/c1-14-12-9(13)8(11)6-3-2-4-7(10)5-6/h2-5,8H,11H2,1H3,(H,12,13). The van der Waals surface area contributed by atoms with Crippen LogP contribution in [0.1, 0.15) is 11.6 Å². The molecule has 0 spiro atoms. The van der Waals surface area contributed by atoms with Crippen molar-refractivity contribution in [2.45, 2.75) is 6.04 Å². The molecule has 1 unspecified atom stereocenters. The molecule has 4 nitrogen and oxygen atoms in total. The van der Waals surface area contributed by atoms with Crippen LogP contribution in [0.15, 0.2) is 24.3 Å². The fourth-order valence-electron chi connectivity index (χ4n) is 1.02. The molecule has 0 radical (unpaired) electrons. The molecule has 0 saturated heterocycles. The van der Waals surface area contributed by atoms with E-state index in [0.29, 0.717) is 10.6 Å². The fraction of sp³-hybridized carbons (Fsp3) is 0.222. The van der Waals surface area contributed by atoms with Gasteiger partial charge >= 0.3 is 0 Å². The van der Waals surface area contributed by atoms with Gasteiger partial charge in [-0.1, -0.05) is 23.7 Å². The van der Waals surface area contributed by atoms with Gasteiger partial charge in [-0.05, 0) is 17.7 Å². The number of rotatable bonds is 3.